The Kier molecular flexibility index (Phi) is 5.77. The summed E-state index contributed by atoms with van der Waals surface area (Å²) in [6.07, 6.45) is -0.0978. The van der Waals surface area contributed by atoms with Gasteiger partial charge in [0, 0.05) is 12.2 Å². The number of nitriles is 1. The summed E-state index contributed by atoms with van der Waals surface area (Å²) < 4.78 is 11.3. The molecule has 28 heavy (non-hydrogen) atoms. The minimum atomic E-state index is -0.634. The van der Waals surface area contributed by atoms with E-state index in [0.29, 0.717) is 16.8 Å². The SMILES string of the molecule is N#Cc1ccc(NC(=O)COC(=O)CCn2c(=O)oc3ccccc32)cc1Cl. The number of anilines is 1. The lowest BCUT2D eigenvalue weighted by atomic mass is 10.2. The van der Waals surface area contributed by atoms with Crippen LogP contribution in [-0.2, 0) is 20.9 Å². The summed E-state index contributed by atoms with van der Waals surface area (Å²) in [7, 11) is 0. The highest BCUT2D eigenvalue weighted by molar-refractivity contribution is 6.32. The average Bonchev–Trinajstić information content (AvgIpc) is 3.00. The molecule has 142 valence electrons. The van der Waals surface area contributed by atoms with Crippen molar-refractivity contribution in [3.63, 3.8) is 0 Å². The first-order valence-corrected chi connectivity index (χ1v) is 8.59. The monoisotopic (exact) mass is 399 g/mol. The van der Waals surface area contributed by atoms with Gasteiger partial charge in [0.25, 0.3) is 5.91 Å². The van der Waals surface area contributed by atoms with E-state index < -0.39 is 24.2 Å². The number of hydrogen-bond acceptors (Lipinski definition) is 6. The van der Waals surface area contributed by atoms with E-state index in [1.807, 2.05) is 6.07 Å². The van der Waals surface area contributed by atoms with Gasteiger partial charge >= 0.3 is 11.7 Å². The first kappa shape index (κ1) is 19.2. The molecule has 0 aliphatic carbocycles. The molecule has 0 fully saturated rings. The number of rotatable bonds is 6. The summed E-state index contributed by atoms with van der Waals surface area (Å²) in [4.78, 5) is 35.6. The van der Waals surface area contributed by atoms with E-state index in [1.54, 1.807) is 24.3 Å². The Balaban J connectivity index is 1.51. The highest BCUT2D eigenvalue weighted by atomic mass is 35.5. The lowest BCUT2D eigenvalue weighted by molar-refractivity contribution is -0.147. The number of halogens is 1. The number of para-hydroxylation sites is 2. The van der Waals surface area contributed by atoms with Gasteiger partial charge in [-0.25, -0.2) is 4.79 Å². The summed E-state index contributed by atoms with van der Waals surface area (Å²) in [5.41, 5.74) is 1.67. The van der Waals surface area contributed by atoms with E-state index in [4.69, 9.17) is 26.0 Å². The molecule has 1 heterocycles. The van der Waals surface area contributed by atoms with Crippen LogP contribution in [0.4, 0.5) is 5.69 Å². The second-order valence-corrected chi connectivity index (χ2v) is 6.16. The van der Waals surface area contributed by atoms with Gasteiger partial charge in [-0.15, -0.1) is 0 Å². The van der Waals surface area contributed by atoms with Crippen molar-refractivity contribution in [1.82, 2.24) is 4.57 Å². The molecule has 1 aromatic heterocycles. The van der Waals surface area contributed by atoms with Gasteiger partial charge in [-0.2, -0.15) is 5.26 Å². The molecule has 0 saturated heterocycles. The number of fused-ring (bicyclic) bond motifs is 1. The molecule has 0 unspecified atom stereocenters. The predicted molar refractivity (Wildman–Crippen MR) is 101 cm³/mol. The number of aromatic nitrogens is 1. The largest absolute Gasteiger partial charge is 0.456 e. The van der Waals surface area contributed by atoms with Gasteiger partial charge in [-0.05, 0) is 30.3 Å². The molecule has 3 aromatic rings. The number of oxazole rings is 1. The number of carbonyl (C=O) groups excluding carboxylic acids is 2. The Labute approximate surface area is 163 Å². The number of aryl methyl sites for hydroxylation is 1. The van der Waals surface area contributed by atoms with Crippen LogP contribution in [0.2, 0.25) is 5.02 Å². The first-order chi connectivity index (χ1) is 13.5. The van der Waals surface area contributed by atoms with E-state index in [-0.39, 0.29) is 23.6 Å². The highest BCUT2D eigenvalue weighted by Gasteiger charge is 2.13. The molecule has 0 aliphatic heterocycles. The summed E-state index contributed by atoms with van der Waals surface area (Å²) in [6.45, 7) is -0.418. The number of carbonyl (C=O) groups is 2. The second-order valence-electron chi connectivity index (χ2n) is 5.75. The maximum absolute atomic E-state index is 11.9. The molecular formula is C19H14ClN3O5. The molecule has 2 aromatic carbocycles. The van der Waals surface area contributed by atoms with Gasteiger partial charge in [0.1, 0.15) is 6.07 Å². The van der Waals surface area contributed by atoms with Crippen molar-refractivity contribution in [1.29, 1.82) is 5.26 Å². The fourth-order valence-corrected chi connectivity index (χ4v) is 2.75. The molecular weight excluding hydrogens is 386 g/mol. The van der Waals surface area contributed by atoms with Crippen LogP contribution < -0.4 is 11.1 Å². The minimum Gasteiger partial charge on any atom is -0.456 e. The molecule has 9 heteroatoms. The molecule has 0 atom stereocenters. The zero-order valence-electron chi connectivity index (χ0n) is 14.5. The van der Waals surface area contributed by atoms with Crippen molar-refractivity contribution in [2.75, 3.05) is 11.9 Å². The van der Waals surface area contributed by atoms with Crippen molar-refractivity contribution < 1.29 is 18.7 Å². The van der Waals surface area contributed by atoms with Crippen LogP contribution in [0.3, 0.4) is 0 Å². The van der Waals surface area contributed by atoms with Gasteiger partial charge < -0.3 is 14.5 Å². The lowest BCUT2D eigenvalue weighted by Crippen LogP contribution is -2.22. The number of nitrogens with zero attached hydrogens (tertiary/aromatic N) is 2. The van der Waals surface area contributed by atoms with Crippen molar-refractivity contribution in [2.45, 2.75) is 13.0 Å². The van der Waals surface area contributed by atoms with Gasteiger partial charge in [-0.3, -0.25) is 14.2 Å². The van der Waals surface area contributed by atoms with Crippen LogP contribution in [0.25, 0.3) is 11.1 Å². The molecule has 0 aliphatic rings. The van der Waals surface area contributed by atoms with Crippen LogP contribution in [0.15, 0.2) is 51.7 Å². The highest BCUT2D eigenvalue weighted by Crippen LogP contribution is 2.20. The van der Waals surface area contributed by atoms with Crippen LogP contribution in [-0.4, -0.2) is 23.1 Å². The lowest BCUT2D eigenvalue weighted by Gasteiger charge is -2.07. The summed E-state index contributed by atoms with van der Waals surface area (Å²) in [5, 5.41) is 11.5. The van der Waals surface area contributed by atoms with E-state index in [0.717, 1.165) is 0 Å². The number of nitrogens with one attached hydrogen (secondary N) is 1. The van der Waals surface area contributed by atoms with Crippen molar-refractivity contribution in [3.05, 3.63) is 63.6 Å². The Morgan fingerprint density at radius 2 is 2.04 bits per heavy atom. The van der Waals surface area contributed by atoms with Crippen LogP contribution in [0.5, 0.6) is 0 Å². The summed E-state index contributed by atoms with van der Waals surface area (Å²) in [6, 6.07) is 13.2. The normalized spacial score (nSPS) is 10.4. The van der Waals surface area contributed by atoms with E-state index in [2.05, 4.69) is 5.32 Å². The molecule has 1 N–H and O–H groups in total. The molecule has 0 bridgehead atoms. The second kappa shape index (κ2) is 8.41. The first-order valence-electron chi connectivity index (χ1n) is 8.21. The Bertz CT molecular complexity index is 1140. The van der Waals surface area contributed by atoms with E-state index >= 15 is 0 Å². The van der Waals surface area contributed by atoms with Gasteiger partial charge in [0.15, 0.2) is 12.2 Å². The number of hydrogen-bond donors (Lipinski definition) is 1. The van der Waals surface area contributed by atoms with Crippen LogP contribution in [0.1, 0.15) is 12.0 Å². The van der Waals surface area contributed by atoms with Gasteiger partial charge in [0.05, 0.1) is 22.5 Å². The molecule has 0 spiro atoms. The molecule has 3 rings (SSSR count). The molecule has 1 amide bonds. The van der Waals surface area contributed by atoms with E-state index in [1.165, 1.54) is 22.8 Å². The topological polar surface area (TPSA) is 114 Å². The Morgan fingerprint density at radius 1 is 1.25 bits per heavy atom. The zero-order chi connectivity index (χ0) is 20.1. The van der Waals surface area contributed by atoms with Gasteiger partial charge in [-0.1, -0.05) is 23.7 Å². The average molecular weight is 400 g/mol. The fourth-order valence-electron chi connectivity index (χ4n) is 2.53. The van der Waals surface area contributed by atoms with Gasteiger partial charge in [0.2, 0.25) is 0 Å². The Hall–Kier alpha value is -3.57. The third-order valence-corrected chi connectivity index (χ3v) is 4.16. The van der Waals surface area contributed by atoms with Crippen LogP contribution >= 0.6 is 11.6 Å². The molecule has 0 saturated carbocycles. The number of benzene rings is 2. The standard InChI is InChI=1S/C19H14ClN3O5/c20-14-9-13(6-5-12(14)10-21)22-17(24)11-27-18(25)7-8-23-15-3-1-2-4-16(15)28-19(23)26/h1-6,9H,7-8,11H2,(H,22,24). The smallest absolute Gasteiger partial charge is 0.419 e. The van der Waals surface area contributed by atoms with Crippen molar-refractivity contribution in [2.24, 2.45) is 0 Å². The van der Waals surface area contributed by atoms with Crippen molar-refractivity contribution >= 4 is 40.3 Å². The number of amides is 1. The minimum absolute atomic E-state index is 0.0710. The molecule has 0 radical (unpaired) electrons. The third kappa shape index (κ3) is 4.39. The predicted octanol–water partition coefficient (Wildman–Crippen LogP) is 2.69. The fraction of sp³-hybridized carbons (Fsp3) is 0.158. The zero-order valence-corrected chi connectivity index (χ0v) is 15.2. The third-order valence-electron chi connectivity index (χ3n) is 3.85. The summed E-state index contributed by atoms with van der Waals surface area (Å²) >= 11 is 5.89. The maximum atomic E-state index is 11.9. The number of esters is 1. The molecule has 8 nitrogen and oxygen atoms in total. The number of ether oxygens (including phenoxy) is 1. The quantitative estimate of drug-likeness (QED) is 0.637. The maximum Gasteiger partial charge on any atom is 0.419 e. The van der Waals surface area contributed by atoms with E-state index in [9.17, 15) is 14.4 Å². The van der Waals surface area contributed by atoms with Crippen molar-refractivity contribution in [3.8, 4) is 6.07 Å². The van der Waals surface area contributed by atoms with Crippen LogP contribution in [0, 0.1) is 11.3 Å². The summed E-state index contributed by atoms with van der Waals surface area (Å²) in [5.74, 6) is -1.75. The Morgan fingerprint density at radius 3 is 2.79 bits per heavy atom.